The molecule has 0 aromatic heterocycles. The number of benzene rings is 1. The zero-order valence-corrected chi connectivity index (χ0v) is 44.3. The van der Waals surface area contributed by atoms with Crippen molar-refractivity contribution in [2.75, 3.05) is 13.1 Å². The number of nitro benzene ring substituents is 1. The van der Waals surface area contributed by atoms with Crippen LogP contribution in [-0.2, 0) is 38.4 Å². The highest BCUT2D eigenvalue weighted by Gasteiger charge is 2.49. The number of phenolic OH excluding ortho intramolecular Hbond substituents is 1. The van der Waals surface area contributed by atoms with E-state index in [1.165, 1.54) is 6.42 Å². The number of carbonyl (C=O) groups excluding carboxylic acids is 8. The molecule has 1 aromatic rings. The number of rotatable bonds is 21. The number of hydrogen-bond donors (Lipinski definition) is 15. The summed E-state index contributed by atoms with van der Waals surface area (Å²) in [6.45, 7) is 6.57. The van der Waals surface area contributed by atoms with Crippen molar-refractivity contribution in [3.8, 4) is 5.75 Å². The standard InChI is InChI=1S/C50H79N9O19/c1-5-24(2)18-25(3)12-10-8-6-7-9-11-13-37(67)52-29-21-35(65)46(72)56-48(74)41-33(63)16-17-57(41)50(76)39(34(64)22-36(51)66)54-47(73)40(43(69)42(68)27-14-15-32(62)30(19-27)59(77)78)55-45(71)31-20-28(61)23-58(31)49(75)38(26(4)60)53-44(29)70/h14-15,19,24-26,28-29,31,33-35,38-43,46,60-65,68-69,72H,5-13,16-18,20-23H2,1-4H3,(H2,51,66)(H,52,67)(H,53,70)(H,54,73)(H,55,71)(H,56,74)/t24?,25?,26-,28-,29-,31+,33+,34+,35-,38+,39+,40+,41+,42-,43-,46-/m1/s1. The predicted octanol–water partition coefficient (Wildman–Crippen LogP) is -3.43. The van der Waals surface area contributed by atoms with Crippen LogP contribution in [0.2, 0.25) is 0 Å². The molecule has 28 nitrogen and oxygen atoms in total. The summed E-state index contributed by atoms with van der Waals surface area (Å²) < 4.78 is 0. The Labute approximate surface area is 450 Å². The average molecular weight is 1110 g/mol. The van der Waals surface area contributed by atoms with Crippen molar-refractivity contribution in [1.29, 1.82) is 0 Å². The molecular weight excluding hydrogens is 1030 g/mol. The van der Waals surface area contributed by atoms with Crippen molar-refractivity contribution in [2.24, 2.45) is 17.6 Å². The molecule has 78 heavy (non-hydrogen) atoms. The number of nitro groups is 1. The van der Waals surface area contributed by atoms with Gasteiger partial charge in [-0.05, 0) is 49.7 Å². The second-order valence-corrected chi connectivity index (χ2v) is 21.0. The van der Waals surface area contributed by atoms with Gasteiger partial charge in [-0.2, -0.15) is 0 Å². The first-order chi connectivity index (χ1) is 36.7. The Morgan fingerprint density at radius 1 is 0.782 bits per heavy atom. The average Bonchev–Trinajstić information content (AvgIpc) is 3.97. The van der Waals surface area contributed by atoms with Crippen LogP contribution in [0.4, 0.5) is 5.69 Å². The lowest BCUT2D eigenvalue weighted by Crippen LogP contribution is -2.64. The summed E-state index contributed by atoms with van der Waals surface area (Å²) in [5, 5.41) is 122. The summed E-state index contributed by atoms with van der Waals surface area (Å²) in [6.07, 6.45) is -11.5. The molecule has 0 radical (unpaired) electrons. The van der Waals surface area contributed by atoms with E-state index in [-0.39, 0.29) is 12.8 Å². The fourth-order valence-electron chi connectivity index (χ4n) is 9.99. The Kier molecular flexibility index (Phi) is 24.5. The van der Waals surface area contributed by atoms with Crippen LogP contribution in [0.5, 0.6) is 5.75 Å². The number of fused-ring (bicyclic) bond motifs is 2. The van der Waals surface area contributed by atoms with Crippen molar-refractivity contribution in [3.63, 3.8) is 0 Å². The number of amides is 8. The van der Waals surface area contributed by atoms with Gasteiger partial charge in [0.25, 0.3) is 0 Å². The molecule has 16 atom stereocenters. The highest BCUT2D eigenvalue weighted by Crippen LogP contribution is 2.31. The van der Waals surface area contributed by atoms with E-state index in [4.69, 9.17) is 5.73 Å². The topological polar surface area (TPSA) is 454 Å². The van der Waals surface area contributed by atoms with Gasteiger partial charge in [0.05, 0.1) is 35.8 Å². The van der Waals surface area contributed by atoms with E-state index >= 15 is 0 Å². The van der Waals surface area contributed by atoms with Crippen LogP contribution in [0.1, 0.15) is 129 Å². The molecule has 3 saturated heterocycles. The number of nitrogens with two attached hydrogens (primary N) is 1. The second-order valence-electron chi connectivity index (χ2n) is 21.0. The minimum atomic E-state index is -2.60. The number of aromatic hydroxyl groups is 1. The lowest BCUT2D eigenvalue weighted by molar-refractivity contribution is -0.386. The number of aliphatic hydroxyl groups excluding tert-OH is 8. The third kappa shape index (κ3) is 17.7. The van der Waals surface area contributed by atoms with Crippen molar-refractivity contribution < 1.29 is 89.2 Å². The maximum absolute atomic E-state index is 14.4. The van der Waals surface area contributed by atoms with Crippen LogP contribution >= 0.6 is 0 Å². The maximum atomic E-state index is 14.4. The number of hydrogen-bond acceptors (Lipinski definition) is 19. The highest BCUT2D eigenvalue weighted by atomic mass is 16.6. The Morgan fingerprint density at radius 2 is 1.40 bits per heavy atom. The van der Waals surface area contributed by atoms with E-state index in [0.29, 0.717) is 40.5 Å². The largest absolute Gasteiger partial charge is 0.502 e. The summed E-state index contributed by atoms with van der Waals surface area (Å²) in [5.74, 6) is -9.78. The molecule has 3 heterocycles. The SMILES string of the molecule is CCC(C)CC(C)CCCCCCCCC(=O)N[C@@H]1C[C@@H](O)[C@@H](O)NC(=O)[C@@H]2[C@@H](O)CCN2C(=O)[C@H]([C@@H](O)CC(N)=O)NC(=O)[C@H]([C@@H](O)[C@H](O)c2ccc(O)c([N+](=O)[O-])c2)NC(=O)[C@@H]2C[C@@H](O)CN2C(=O)[C@H]([C@@H](C)O)NC1=O. The number of nitrogens with zero attached hydrogens (tertiary/aromatic N) is 3. The molecule has 0 aliphatic carbocycles. The summed E-state index contributed by atoms with van der Waals surface area (Å²) in [5.41, 5.74) is 3.81. The van der Waals surface area contributed by atoms with Crippen molar-refractivity contribution in [1.82, 2.24) is 36.4 Å². The van der Waals surface area contributed by atoms with Gasteiger partial charge in [0.2, 0.25) is 47.3 Å². The lowest BCUT2D eigenvalue weighted by Gasteiger charge is -2.34. The predicted molar refractivity (Wildman–Crippen MR) is 272 cm³/mol. The Hall–Kier alpha value is -6.14. The minimum Gasteiger partial charge on any atom is -0.502 e. The molecule has 4 rings (SSSR count). The lowest BCUT2D eigenvalue weighted by atomic mass is 9.91. The van der Waals surface area contributed by atoms with Gasteiger partial charge in [0.15, 0.2) is 12.0 Å². The van der Waals surface area contributed by atoms with E-state index in [0.717, 1.165) is 57.6 Å². The van der Waals surface area contributed by atoms with Crippen LogP contribution < -0.4 is 32.3 Å². The zero-order chi connectivity index (χ0) is 58.3. The molecule has 0 saturated carbocycles. The number of unbranched alkanes of at least 4 members (excludes halogenated alkanes) is 5. The summed E-state index contributed by atoms with van der Waals surface area (Å²) in [4.78, 5) is 123. The quantitative estimate of drug-likeness (QED) is 0.0324. The van der Waals surface area contributed by atoms with Crippen LogP contribution in [-0.4, -0.2) is 200 Å². The summed E-state index contributed by atoms with van der Waals surface area (Å²) in [7, 11) is 0. The number of aliphatic hydroxyl groups is 8. The molecule has 0 bridgehead atoms. The van der Waals surface area contributed by atoms with Gasteiger partial charge in [0, 0.05) is 38.4 Å². The fraction of sp³-hybridized carbons (Fsp3) is 0.720. The van der Waals surface area contributed by atoms with Crippen LogP contribution in [0.25, 0.3) is 0 Å². The second kappa shape index (κ2) is 29.7. The van der Waals surface area contributed by atoms with Gasteiger partial charge in [-0.3, -0.25) is 48.5 Å². The molecule has 1 aromatic carbocycles. The van der Waals surface area contributed by atoms with Crippen molar-refractivity contribution in [2.45, 2.75) is 203 Å². The van der Waals surface area contributed by atoms with Crippen LogP contribution in [0.15, 0.2) is 18.2 Å². The molecule has 8 amide bonds. The molecule has 3 fully saturated rings. The first-order valence-electron chi connectivity index (χ1n) is 26.5. The van der Waals surface area contributed by atoms with Gasteiger partial charge in [-0.1, -0.05) is 71.8 Å². The zero-order valence-electron chi connectivity index (χ0n) is 44.3. The van der Waals surface area contributed by atoms with Crippen LogP contribution in [0, 0.1) is 22.0 Å². The number of primary amides is 1. The Bertz CT molecular complexity index is 2280. The fourth-order valence-corrected chi connectivity index (χ4v) is 9.99. The molecule has 3 aliphatic rings. The number of nitrogens with one attached hydrogen (secondary N) is 5. The molecule has 28 heteroatoms. The van der Waals surface area contributed by atoms with Gasteiger partial charge >= 0.3 is 5.69 Å². The van der Waals surface area contributed by atoms with E-state index in [1.54, 1.807) is 0 Å². The van der Waals surface area contributed by atoms with E-state index in [1.807, 2.05) is 10.6 Å². The molecule has 16 N–H and O–H groups in total. The van der Waals surface area contributed by atoms with E-state index < -0.39 is 187 Å². The molecule has 438 valence electrons. The Balaban J connectivity index is 1.72. The van der Waals surface area contributed by atoms with Crippen molar-refractivity contribution in [3.05, 3.63) is 33.9 Å². The third-order valence-electron chi connectivity index (χ3n) is 14.6. The molecule has 0 spiro atoms. The summed E-state index contributed by atoms with van der Waals surface area (Å²) >= 11 is 0. The molecule has 3 aliphatic heterocycles. The highest BCUT2D eigenvalue weighted by molar-refractivity contribution is 5.98. The number of carbonyl (C=O) groups is 8. The first-order valence-corrected chi connectivity index (χ1v) is 26.5. The number of phenols is 1. The normalized spacial score (nSPS) is 28.3. The van der Waals surface area contributed by atoms with E-state index in [9.17, 15) is 94.4 Å². The van der Waals surface area contributed by atoms with Gasteiger partial charge in [-0.25, -0.2) is 0 Å². The maximum Gasteiger partial charge on any atom is 0.311 e. The smallest absolute Gasteiger partial charge is 0.311 e. The van der Waals surface area contributed by atoms with Crippen LogP contribution in [0.3, 0.4) is 0 Å². The third-order valence-corrected chi connectivity index (χ3v) is 14.6. The van der Waals surface area contributed by atoms with Crippen molar-refractivity contribution >= 4 is 52.9 Å². The molecule has 2 unspecified atom stereocenters. The first kappa shape index (κ1) is 64.4. The van der Waals surface area contributed by atoms with E-state index in [2.05, 4.69) is 36.7 Å². The monoisotopic (exact) mass is 1110 g/mol. The minimum absolute atomic E-state index is 0.107. The van der Waals surface area contributed by atoms with Gasteiger partial charge < -0.3 is 88.1 Å². The van der Waals surface area contributed by atoms with Gasteiger partial charge in [-0.15, -0.1) is 0 Å². The van der Waals surface area contributed by atoms with Gasteiger partial charge in [0.1, 0.15) is 54.6 Å². The Morgan fingerprint density at radius 3 is 2.03 bits per heavy atom. The molecular formula is C50H79N9O19. The summed E-state index contributed by atoms with van der Waals surface area (Å²) in [6, 6.07) is -10.2.